The Bertz CT molecular complexity index is 642. The van der Waals surface area contributed by atoms with Gasteiger partial charge in [0, 0.05) is 28.2 Å². The molecule has 1 aliphatic rings. The second kappa shape index (κ2) is 4.81. The normalized spacial score (nSPS) is 16.3. The summed E-state index contributed by atoms with van der Waals surface area (Å²) < 4.78 is 1.79. The van der Waals surface area contributed by atoms with E-state index >= 15 is 0 Å². The Morgan fingerprint density at radius 2 is 2.26 bits per heavy atom. The number of hydrogen-bond donors (Lipinski definition) is 1. The number of hydrogen-bond acceptors (Lipinski definition) is 4. The maximum atomic E-state index is 12.3. The summed E-state index contributed by atoms with van der Waals surface area (Å²) in [5, 5.41) is 3.23. The largest absolute Gasteiger partial charge is 0.358 e. The first-order chi connectivity index (χ1) is 9.15. The Labute approximate surface area is 116 Å². The van der Waals surface area contributed by atoms with E-state index in [4.69, 9.17) is 0 Å². The molecule has 5 heteroatoms. The summed E-state index contributed by atoms with van der Waals surface area (Å²) in [6, 6.07) is 4.68. The first-order valence-electron chi connectivity index (χ1n) is 6.55. The van der Waals surface area contributed by atoms with Gasteiger partial charge in [0.25, 0.3) is 5.56 Å². The van der Waals surface area contributed by atoms with Crippen molar-refractivity contribution in [1.82, 2.24) is 9.55 Å². The molecule has 2 aromatic rings. The predicted octanol–water partition coefficient (Wildman–Crippen LogP) is 3.12. The number of nitrogens with one attached hydrogen (secondary N) is 1. The van der Waals surface area contributed by atoms with E-state index in [1.807, 2.05) is 0 Å². The minimum Gasteiger partial charge on any atom is -0.358 e. The Kier molecular flexibility index (Phi) is 3.14. The van der Waals surface area contributed by atoms with Gasteiger partial charge in [-0.05, 0) is 38.8 Å². The van der Waals surface area contributed by atoms with Crippen molar-refractivity contribution in [1.29, 1.82) is 0 Å². The van der Waals surface area contributed by atoms with Crippen LogP contribution in [0.5, 0.6) is 0 Å². The predicted molar refractivity (Wildman–Crippen MR) is 77.9 cm³/mol. The highest BCUT2D eigenvalue weighted by Crippen LogP contribution is 2.33. The molecule has 100 valence electrons. The van der Waals surface area contributed by atoms with Crippen LogP contribution in [0.15, 0.2) is 29.3 Å². The number of nitrogens with zero attached hydrogens (tertiary/aromatic N) is 2. The Morgan fingerprint density at radius 3 is 2.89 bits per heavy atom. The fourth-order valence-electron chi connectivity index (χ4n) is 2.13. The number of aromatic nitrogens is 2. The van der Waals surface area contributed by atoms with E-state index in [1.165, 1.54) is 9.75 Å². The number of anilines is 1. The minimum absolute atomic E-state index is 0.00914. The van der Waals surface area contributed by atoms with Crippen molar-refractivity contribution in [2.45, 2.75) is 38.8 Å². The average Bonchev–Trinajstić information content (AvgIpc) is 3.13. The molecular weight excluding hydrogens is 258 g/mol. The van der Waals surface area contributed by atoms with Gasteiger partial charge in [0.2, 0.25) is 0 Å². The molecule has 0 aliphatic heterocycles. The molecule has 3 rings (SSSR count). The fourth-order valence-corrected chi connectivity index (χ4v) is 3.01. The van der Waals surface area contributed by atoms with Crippen molar-refractivity contribution in [3.63, 3.8) is 0 Å². The van der Waals surface area contributed by atoms with Gasteiger partial charge in [0.15, 0.2) is 5.82 Å². The average molecular weight is 275 g/mol. The highest BCUT2D eigenvalue weighted by atomic mass is 32.1. The van der Waals surface area contributed by atoms with Crippen LogP contribution in [0.1, 0.15) is 41.6 Å². The lowest BCUT2D eigenvalue weighted by Gasteiger charge is -2.13. The summed E-state index contributed by atoms with van der Waals surface area (Å²) in [7, 11) is 0. The van der Waals surface area contributed by atoms with Crippen molar-refractivity contribution in [3.05, 3.63) is 44.6 Å². The molecule has 0 saturated heterocycles. The molecule has 4 nitrogen and oxygen atoms in total. The second-order valence-corrected chi connectivity index (χ2v) is 6.35. The van der Waals surface area contributed by atoms with Gasteiger partial charge in [-0.1, -0.05) is 0 Å². The molecule has 2 aromatic heterocycles. The molecule has 19 heavy (non-hydrogen) atoms. The molecule has 2 heterocycles. The zero-order valence-corrected chi connectivity index (χ0v) is 11.9. The van der Waals surface area contributed by atoms with Crippen LogP contribution in [0.4, 0.5) is 5.82 Å². The van der Waals surface area contributed by atoms with Crippen molar-refractivity contribution in [3.8, 4) is 0 Å². The Balaban J connectivity index is 1.83. The molecule has 1 fully saturated rings. The molecule has 0 spiro atoms. The SMILES string of the molecule is Cc1ccc(C(C)Nc2nccn(C3CC3)c2=O)s1. The number of rotatable bonds is 4. The first kappa shape index (κ1) is 12.4. The molecule has 1 N–H and O–H groups in total. The van der Waals surface area contributed by atoms with E-state index in [9.17, 15) is 4.79 Å². The van der Waals surface area contributed by atoms with E-state index < -0.39 is 0 Å². The highest BCUT2D eigenvalue weighted by Gasteiger charge is 2.25. The summed E-state index contributed by atoms with van der Waals surface area (Å²) >= 11 is 1.74. The van der Waals surface area contributed by atoms with Crippen molar-refractivity contribution < 1.29 is 0 Å². The monoisotopic (exact) mass is 275 g/mol. The van der Waals surface area contributed by atoms with Gasteiger partial charge in [-0.2, -0.15) is 0 Å². The zero-order chi connectivity index (χ0) is 13.4. The number of aryl methyl sites for hydroxylation is 1. The van der Waals surface area contributed by atoms with Gasteiger partial charge in [0.05, 0.1) is 6.04 Å². The smallest absolute Gasteiger partial charge is 0.293 e. The quantitative estimate of drug-likeness (QED) is 0.932. The van der Waals surface area contributed by atoms with Gasteiger partial charge >= 0.3 is 0 Å². The first-order valence-corrected chi connectivity index (χ1v) is 7.37. The standard InChI is InChI=1S/C14H17N3OS/c1-9-3-6-12(19-9)10(2)16-13-14(18)17(8-7-15-13)11-4-5-11/h3,6-8,10-11H,4-5H2,1-2H3,(H,15,16). The Morgan fingerprint density at radius 1 is 1.47 bits per heavy atom. The molecule has 1 aliphatic carbocycles. The van der Waals surface area contributed by atoms with Gasteiger partial charge in [-0.25, -0.2) is 4.98 Å². The summed E-state index contributed by atoms with van der Waals surface area (Å²) in [6.07, 6.45) is 5.69. The van der Waals surface area contributed by atoms with E-state index in [0.717, 1.165) is 12.8 Å². The van der Waals surface area contributed by atoms with Crippen LogP contribution in [-0.2, 0) is 0 Å². The Hall–Kier alpha value is -1.62. The third kappa shape index (κ3) is 2.56. The molecule has 0 aromatic carbocycles. The zero-order valence-electron chi connectivity index (χ0n) is 11.1. The van der Waals surface area contributed by atoms with Crippen LogP contribution < -0.4 is 10.9 Å². The fraction of sp³-hybridized carbons (Fsp3) is 0.429. The lowest BCUT2D eigenvalue weighted by atomic mass is 10.3. The maximum absolute atomic E-state index is 12.3. The lowest BCUT2D eigenvalue weighted by Crippen LogP contribution is -2.24. The summed E-state index contributed by atoms with van der Waals surface area (Å²) in [4.78, 5) is 18.9. The van der Waals surface area contributed by atoms with Crippen molar-refractivity contribution >= 4 is 17.2 Å². The topological polar surface area (TPSA) is 46.9 Å². The van der Waals surface area contributed by atoms with Crippen LogP contribution in [-0.4, -0.2) is 9.55 Å². The third-order valence-corrected chi connectivity index (χ3v) is 4.53. The second-order valence-electron chi connectivity index (χ2n) is 5.03. The van der Waals surface area contributed by atoms with E-state index in [0.29, 0.717) is 11.9 Å². The highest BCUT2D eigenvalue weighted by molar-refractivity contribution is 7.12. The molecule has 0 radical (unpaired) electrons. The lowest BCUT2D eigenvalue weighted by molar-refractivity contribution is 0.696. The maximum Gasteiger partial charge on any atom is 0.293 e. The van der Waals surface area contributed by atoms with Gasteiger partial charge < -0.3 is 9.88 Å². The van der Waals surface area contributed by atoms with Gasteiger partial charge in [-0.15, -0.1) is 11.3 Å². The van der Waals surface area contributed by atoms with Gasteiger partial charge in [-0.3, -0.25) is 4.79 Å². The molecule has 1 saturated carbocycles. The van der Waals surface area contributed by atoms with Crippen molar-refractivity contribution in [2.75, 3.05) is 5.32 Å². The van der Waals surface area contributed by atoms with Crippen LogP contribution >= 0.6 is 11.3 Å². The number of thiophene rings is 1. The van der Waals surface area contributed by atoms with Gasteiger partial charge in [0.1, 0.15) is 0 Å². The minimum atomic E-state index is -0.00914. The van der Waals surface area contributed by atoms with Crippen LogP contribution in [0.3, 0.4) is 0 Å². The molecular formula is C14H17N3OS. The van der Waals surface area contributed by atoms with E-state index in [-0.39, 0.29) is 11.6 Å². The van der Waals surface area contributed by atoms with Crippen molar-refractivity contribution in [2.24, 2.45) is 0 Å². The summed E-state index contributed by atoms with van der Waals surface area (Å²) in [6.45, 7) is 4.14. The summed E-state index contributed by atoms with van der Waals surface area (Å²) in [5.74, 6) is 0.452. The van der Waals surface area contributed by atoms with E-state index in [1.54, 1.807) is 28.3 Å². The molecule has 1 atom stereocenters. The summed E-state index contributed by atoms with van der Waals surface area (Å²) in [5.41, 5.74) is -0.00914. The molecule has 0 bridgehead atoms. The molecule has 0 amide bonds. The van der Waals surface area contributed by atoms with Crippen LogP contribution in [0, 0.1) is 6.92 Å². The van der Waals surface area contributed by atoms with E-state index in [2.05, 4.69) is 36.3 Å². The van der Waals surface area contributed by atoms with Crippen LogP contribution in [0.2, 0.25) is 0 Å². The third-order valence-electron chi connectivity index (χ3n) is 3.35. The molecule has 1 unspecified atom stereocenters. The van der Waals surface area contributed by atoms with Crippen LogP contribution in [0.25, 0.3) is 0 Å².